The van der Waals surface area contributed by atoms with Gasteiger partial charge in [-0.25, -0.2) is 8.78 Å². The third-order valence-electron chi connectivity index (χ3n) is 6.69. The van der Waals surface area contributed by atoms with E-state index in [0.29, 0.717) is 11.6 Å². The number of benzene rings is 2. The molecule has 246 valence electrons. The number of fused-ring (bicyclic) bond motifs is 1. The van der Waals surface area contributed by atoms with Gasteiger partial charge in [-0.3, -0.25) is 9.78 Å². The maximum Gasteiger partial charge on any atom is 0.250 e. The van der Waals surface area contributed by atoms with Gasteiger partial charge in [0.05, 0.1) is 36.8 Å². The second-order valence-corrected chi connectivity index (χ2v) is 11.8. The van der Waals surface area contributed by atoms with E-state index >= 15 is 8.78 Å². The number of alkyl halides is 1. The van der Waals surface area contributed by atoms with Gasteiger partial charge in [0.1, 0.15) is 24.6 Å². The van der Waals surface area contributed by atoms with Gasteiger partial charge in [0.15, 0.2) is 5.41 Å². The highest BCUT2D eigenvalue weighted by Gasteiger charge is 2.38. The minimum Gasteiger partial charge on any atom is -0.495 e. The second-order valence-electron chi connectivity index (χ2n) is 10.9. The van der Waals surface area contributed by atoms with Crippen molar-refractivity contribution >= 4 is 33.9 Å². The van der Waals surface area contributed by atoms with Crippen LogP contribution in [-0.4, -0.2) is 41.3 Å². The summed E-state index contributed by atoms with van der Waals surface area (Å²) in [6, 6.07) is 13.8. The summed E-state index contributed by atoms with van der Waals surface area (Å²) in [5.74, 6) is 0.0156. The summed E-state index contributed by atoms with van der Waals surface area (Å²) in [4.78, 5) is 36.0. The molecule has 2 unspecified atom stereocenters. The fraction of sp³-hybridized carbons (Fsp3) is 0.353. The molecule has 9 nitrogen and oxygen atoms in total. The average molecular weight is 655 g/mol. The topological polar surface area (TPSA) is 115 Å². The Morgan fingerprint density at radius 3 is 2.26 bits per heavy atom. The van der Waals surface area contributed by atoms with Crippen molar-refractivity contribution in [3.8, 4) is 28.5 Å². The molecule has 2 aromatic heterocycles. The fourth-order valence-corrected chi connectivity index (χ4v) is 4.79. The van der Waals surface area contributed by atoms with Crippen LogP contribution in [0.2, 0.25) is 0 Å². The lowest BCUT2D eigenvalue weighted by molar-refractivity contribution is -0.119. The molecule has 3 heterocycles. The zero-order valence-electron chi connectivity index (χ0n) is 27.3. The maximum atomic E-state index is 15.7. The summed E-state index contributed by atoms with van der Waals surface area (Å²) < 4.78 is 42.0. The van der Waals surface area contributed by atoms with Gasteiger partial charge in [0.25, 0.3) is 5.89 Å². The number of hydrogen-bond donors (Lipinski definition) is 0. The van der Waals surface area contributed by atoms with Crippen LogP contribution in [0.25, 0.3) is 22.7 Å². The number of carbonyl (C=O) groups excluding carboxylic acids is 3. The van der Waals surface area contributed by atoms with E-state index in [2.05, 4.69) is 24.4 Å². The third kappa shape index (κ3) is 9.10. The number of carbonyl (C=O) groups is 3. The largest absolute Gasteiger partial charge is 0.495 e. The lowest BCUT2D eigenvalue weighted by Crippen LogP contribution is -2.29. The molecule has 12 heteroatoms. The first-order valence-electron chi connectivity index (χ1n) is 14.6. The van der Waals surface area contributed by atoms with Gasteiger partial charge >= 0.3 is 0 Å². The highest BCUT2D eigenvalue weighted by molar-refractivity contribution is 7.18. The lowest BCUT2D eigenvalue weighted by atomic mass is 9.97. The van der Waals surface area contributed by atoms with Crippen molar-refractivity contribution in [2.75, 3.05) is 12.0 Å². The molecule has 4 aromatic rings. The molecule has 2 atom stereocenters. The minimum absolute atomic E-state index is 0.0122. The van der Waals surface area contributed by atoms with Crippen LogP contribution < -0.4 is 9.64 Å². The van der Waals surface area contributed by atoms with Crippen LogP contribution in [0.5, 0.6) is 5.75 Å². The van der Waals surface area contributed by atoms with E-state index in [0.717, 1.165) is 29.2 Å². The van der Waals surface area contributed by atoms with Crippen LogP contribution >= 0.6 is 9.24 Å². The number of ether oxygens (including phenoxy) is 1. The van der Waals surface area contributed by atoms with E-state index in [-0.39, 0.29) is 48.0 Å². The fourth-order valence-electron chi connectivity index (χ4n) is 4.42. The molecule has 46 heavy (non-hydrogen) atoms. The molecule has 0 saturated carbocycles. The molecule has 0 saturated heterocycles. The average Bonchev–Trinajstić information content (AvgIpc) is 3.54. The number of halogens is 2. The molecular formula is C34H41F2N4O5P. The summed E-state index contributed by atoms with van der Waals surface area (Å²) in [6.45, 7) is 13.3. The molecule has 2 aromatic carbocycles. The zero-order chi connectivity index (χ0) is 34.7. The van der Waals surface area contributed by atoms with Gasteiger partial charge in [0, 0.05) is 23.0 Å². The lowest BCUT2D eigenvalue weighted by Gasteiger charge is -2.26. The molecule has 0 bridgehead atoms. The van der Waals surface area contributed by atoms with Gasteiger partial charge in [-0.2, -0.15) is 0 Å². The maximum absolute atomic E-state index is 15.7. The Bertz CT molecular complexity index is 1590. The van der Waals surface area contributed by atoms with Gasteiger partial charge < -0.3 is 23.6 Å². The van der Waals surface area contributed by atoms with Crippen LogP contribution in [-0.2, 0) is 31.8 Å². The minimum atomic E-state index is -1.98. The first-order valence-corrected chi connectivity index (χ1v) is 15.2. The molecule has 1 amide bonds. The summed E-state index contributed by atoms with van der Waals surface area (Å²) in [5, 5.41) is 6.10. The van der Waals surface area contributed by atoms with E-state index in [1.807, 2.05) is 77.8 Å². The summed E-state index contributed by atoms with van der Waals surface area (Å²) in [6.07, 6.45) is 2.27. The monoisotopic (exact) mass is 654 g/mol. The zero-order valence-corrected chi connectivity index (χ0v) is 28.4. The highest BCUT2D eigenvalue weighted by atomic mass is 31.0. The van der Waals surface area contributed by atoms with E-state index in [4.69, 9.17) is 18.7 Å². The highest BCUT2D eigenvalue weighted by Crippen LogP contribution is 2.47. The summed E-state index contributed by atoms with van der Waals surface area (Å²) in [5.41, 5.74) is 2.41. The van der Waals surface area contributed by atoms with Crippen LogP contribution in [0.1, 0.15) is 71.4 Å². The van der Waals surface area contributed by atoms with Crippen molar-refractivity contribution in [3.63, 3.8) is 0 Å². The van der Waals surface area contributed by atoms with E-state index in [1.165, 1.54) is 17.9 Å². The molecule has 0 fully saturated rings. The van der Waals surface area contributed by atoms with Crippen molar-refractivity contribution in [3.05, 3.63) is 77.6 Å². The molecule has 0 radical (unpaired) electrons. The molecule has 5 rings (SSSR count). The second kappa shape index (κ2) is 16.8. The Labute approximate surface area is 271 Å². The van der Waals surface area contributed by atoms with Crippen molar-refractivity contribution in [2.24, 2.45) is 0 Å². The Morgan fingerprint density at radius 1 is 1.11 bits per heavy atom. The number of aldehydes is 1. The molecule has 1 aliphatic rings. The quantitative estimate of drug-likeness (QED) is 0.160. The molecule has 0 spiro atoms. The van der Waals surface area contributed by atoms with Crippen molar-refractivity contribution < 1.29 is 32.3 Å². The first-order chi connectivity index (χ1) is 21.9. The Morgan fingerprint density at radius 2 is 1.74 bits per heavy atom. The third-order valence-corrected chi connectivity index (χ3v) is 7.29. The van der Waals surface area contributed by atoms with Crippen molar-refractivity contribution in [1.82, 2.24) is 15.2 Å². The smallest absolute Gasteiger partial charge is 0.250 e. The van der Waals surface area contributed by atoms with E-state index in [1.54, 1.807) is 13.3 Å². The number of anilines is 1. The summed E-state index contributed by atoms with van der Waals surface area (Å²) in [7, 11) is 3.72. The summed E-state index contributed by atoms with van der Waals surface area (Å²) >= 11 is 0. The van der Waals surface area contributed by atoms with Crippen molar-refractivity contribution in [1.29, 1.82) is 0 Å². The van der Waals surface area contributed by atoms with Gasteiger partial charge in [0.2, 0.25) is 11.8 Å². The number of hydrogen-bond acceptors (Lipinski definition) is 8. The van der Waals surface area contributed by atoms with Gasteiger partial charge in [-0.1, -0.05) is 68.1 Å². The van der Waals surface area contributed by atoms with Gasteiger partial charge in [-0.15, -0.1) is 10.2 Å². The SMILES string of the molecule is C=O.CC.CC=O.COc1ccc(-c2ccc(CN3C(=O)CCC(F)(P)c4cc(F)c(-c5nnc(C(C)(C)C)o5)cc43)cc2)nc1. The van der Waals surface area contributed by atoms with Crippen LogP contribution in [0, 0.1) is 5.82 Å². The van der Waals surface area contributed by atoms with Crippen LogP contribution in [0.3, 0.4) is 0 Å². The number of amides is 1. The predicted octanol–water partition coefficient (Wildman–Crippen LogP) is 7.61. The molecule has 0 aliphatic carbocycles. The first kappa shape index (κ1) is 37.8. The molecular weight excluding hydrogens is 613 g/mol. The Balaban J connectivity index is 0.000000977. The predicted molar refractivity (Wildman–Crippen MR) is 178 cm³/mol. The van der Waals surface area contributed by atoms with Crippen molar-refractivity contribution in [2.45, 2.75) is 71.8 Å². The van der Waals surface area contributed by atoms with Crippen LogP contribution in [0.15, 0.2) is 59.1 Å². The number of rotatable bonds is 5. The molecule has 0 N–H and O–H groups in total. The number of nitrogens with zero attached hydrogens (tertiary/aromatic N) is 4. The number of pyridine rings is 1. The van der Waals surface area contributed by atoms with Crippen LogP contribution in [0.4, 0.5) is 14.5 Å². The van der Waals surface area contributed by atoms with E-state index in [9.17, 15) is 4.79 Å². The number of aromatic nitrogens is 3. The number of methoxy groups -OCH3 is 1. The Hall–Kier alpha value is -4.37. The van der Waals surface area contributed by atoms with E-state index < -0.39 is 16.6 Å². The van der Waals surface area contributed by atoms with Gasteiger partial charge in [-0.05, 0) is 43.2 Å². The standard InChI is InChI=1S/C29H29F2N4O3P.C2H4O.C2H6.CH2O/c1-28(2,3)27-34-33-26(38-27)20-13-24-21(14-22(20)30)29(31,39)12-11-25(36)35(24)16-17-5-7-18(8-6-17)23-10-9-19(37-4)15-32-23;1-2-3;2*1-2/h5-10,13-15H,11-12,16,39H2,1-4H3;2H,1H3;1-2H3;1H2. The molecule has 1 aliphatic heterocycles. The Kier molecular flexibility index (Phi) is 13.8. The normalized spacial score (nSPS) is 15.4.